The van der Waals surface area contributed by atoms with Crippen molar-refractivity contribution in [1.82, 2.24) is 20.2 Å². The second kappa shape index (κ2) is 7.82. The Hall–Kier alpha value is -3.17. The third kappa shape index (κ3) is 3.94. The third-order valence-electron chi connectivity index (χ3n) is 5.19. The highest BCUT2D eigenvalue weighted by atomic mass is 32.1. The highest BCUT2D eigenvalue weighted by Crippen LogP contribution is 2.39. The van der Waals surface area contributed by atoms with E-state index in [0.717, 1.165) is 43.1 Å². The summed E-state index contributed by atoms with van der Waals surface area (Å²) >= 11 is 1.48. The lowest BCUT2D eigenvalue weighted by Crippen LogP contribution is -2.16. The van der Waals surface area contributed by atoms with E-state index in [0.29, 0.717) is 5.69 Å². The number of rotatable bonds is 5. The number of thiophene rings is 1. The van der Waals surface area contributed by atoms with Crippen LogP contribution in [0.4, 0.5) is 11.5 Å². The second-order valence-corrected chi connectivity index (χ2v) is 8.87. The minimum atomic E-state index is -0.898. The average molecular weight is 438 g/mol. The van der Waals surface area contributed by atoms with Gasteiger partial charge in [0.1, 0.15) is 23.5 Å². The molecule has 160 valence electrons. The number of esters is 1. The molecule has 3 aromatic heterocycles. The Morgan fingerprint density at radius 2 is 1.90 bits per heavy atom. The van der Waals surface area contributed by atoms with E-state index in [9.17, 15) is 9.90 Å². The first kappa shape index (κ1) is 21.1. The molecule has 1 aromatic carbocycles. The minimum Gasteiger partial charge on any atom is -0.459 e. The first-order chi connectivity index (χ1) is 14.7. The van der Waals surface area contributed by atoms with Gasteiger partial charge in [-0.1, -0.05) is 12.1 Å². The van der Waals surface area contributed by atoms with Crippen molar-refractivity contribution < 1.29 is 14.6 Å². The lowest BCUT2D eigenvalue weighted by Gasteiger charge is -2.21. The molecule has 31 heavy (non-hydrogen) atoms. The zero-order valence-electron chi connectivity index (χ0n) is 18.0. The molecule has 0 saturated carbocycles. The molecular formula is C22H23N5O3S. The predicted octanol–water partition coefficient (Wildman–Crippen LogP) is 4.00. The van der Waals surface area contributed by atoms with Gasteiger partial charge in [-0.15, -0.1) is 16.4 Å². The molecule has 0 fully saturated rings. The number of nitrogens with zero attached hydrogens (tertiary/aromatic N) is 5. The molecule has 0 unspecified atom stereocenters. The molecule has 0 atom stereocenters. The molecule has 0 radical (unpaired) electrons. The van der Waals surface area contributed by atoms with Gasteiger partial charge in [0.2, 0.25) is 0 Å². The summed E-state index contributed by atoms with van der Waals surface area (Å²) in [6, 6.07) is 7.73. The monoisotopic (exact) mass is 437 g/mol. The molecule has 0 amide bonds. The molecule has 0 bridgehead atoms. The molecule has 4 aromatic rings. The van der Waals surface area contributed by atoms with Crippen LogP contribution >= 0.6 is 11.3 Å². The van der Waals surface area contributed by atoms with Crippen molar-refractivity contribution in [1.29, 1.82) is 0 Å². The van der Waals surface area contributed by atoms with E-state index in [4.69, 9.17) is 4.74 Å². The largest absolute Gasteiger partial charge is 0.459 e. The molecule has 0 aliphatic heterocycles. The molecule has 8 nitrogen and oxygen atoms in total. The van der Waals surface area contributed by atoms with Crippen LogP contribution in [0.3, 0.4) is 0 Å². The van der Waals surface area contributed by atoms with Crippen LogP contribution in [0, 0.1) is 6.92 Å². The Morgan fingerprint density at radius 1 is 1.19 bits per heavy atom. The van der Waals surface area contributed by atoms with Crippen molar-refractivity contribution in [3.05, 3.63) is 47.4 Å². The van der Waals surface area contributed by atoms with Crippen molar-refractivity contribution in [2.75, 3.05) is 11.9 Å². The first-order valence-corrected chi connectivity index (χ1v) is 10.6. The molecule has 0 spiro atoms. The second-order valence-electron chi connectivity index (χ2n) is 7.87. The highest BCUT2D eigenvalue weighted by Gasteiger charge is 2.20. The standard InChI is InChI=1S/C22H23N5O3S/c1-12-16(10-30-13(2)28)25-26-21-17(12)18-19(31-21)20(24-11-23-18)27(5)15-8-6-14(7-9-15)22(3,4)29/h6-9,11,29H,10H2,1-5H3. The van der Waals surface area contributed by atoms with E-state index in [1.165, 1.54) is 24.6 Å². The van der Waals surface area contributed by atoms with Gasteiger partial charge in [0, 0.05) is 25.0 Å². The summed E-state index contributed by atoms with van der Waals surface area (Å²) in [6.07, 6.45) is 1.54. The molecule has 1 N–H and O–H groups in total. The fourth-order valence-electron chi connectivity index (χ4n) is 3.38. The maximum atomic E-state index is 11.2. The van der Waals surface area contributed by atoms with Crippen LogP contribution in [0.15, 0.2) is 30.6 Å². The van der Waals surface area contributed by atoms with E-state index < -0.39 is 5.60 Å². The summed E-state index contributed by atoms with van der Waals surface area (Å²) in [5.74, 6) is 0.392. The van der Waals surface area contributed by atoms with Gasteiger partial charge < -0.3 is 14.7 Å². The van der Waals surface area contributed by atoms with Gasteiger partial charge in [-0.25, -0.2) is 9.97 Å². The summed E-state index contributed by atoms with van der Waals surface area (Å²) < 4.78 is 6.00. The van der Waals surface area contributed by atoms with Crippen molar-refractivity contribution in [3.8, 4) is 0 Å². The molecular weight excluding hydrogens is 414 g/mol. The molecule has 0 aliphatic rings. The van der Waals surface area contributed by atoms with E-state index in [-0.39, 0.29) is 12.6 Å². The summed E-state index contributed by atoms with van der Waals surface area (Å²) in [5.41, 5.74) is 3.17. The van der Waals surface area contributed by atoms with Gasteiger partial charge in [0.05, 0.1) is 15.8 Å². The summed E-state index contributed by atoms with van der Waals surface area (Å²) in [5, 5.41) is 19.7. The number of hydrogen-bond donors (Lipinski definition) is 1. The van der Waals surface area contributed by atoms with Gasteiger partial charge >= 0.3 is 5.97 Å². The number of aromatic nitrogens is 4. The molecule has 4 rings (SSSR count). The fourth-order valence-corrected chi connectivity index (χ4v) is 4.54. The number of carbonyl (C=O) groups is 1. The lowest BCUT2D eigenvalue weighted by molar-refractivity contribution is -0.142. The van der Waals surface area contributed by atoms with Crippen molar-refractivity contribution in [2.45, 2.75) is 39.9 Å². The zero-order chi connectivity index (χ0) is 22.3. The number of benzene rings is 1. The van der Waals surface area contributed by atoms with Crippen molar-refractivity contribution >= 4 is 49.2 Å². The Morgan fingerprint density at radius 3 is 2.55 bits per heavy atom. The normalized spacial score (nSPS) is 11.8. The zero-order valence-corrected chi connectivity index (χ0v) is 18.8. The number of hydrogen-bond acceptors (Lipinski definition) is 9. The SMILES string of the molecule is CC(=O)OCc1nnc2sc3c(N(C)c4ccc(C(C)(C)O)cc4)ncnc3c2c1C. The quantitative estimate of drug-likeness (QED) is 0.468. The average Bonchev–Trinajstić information content (AvgIpc) is 3.11. The Bertz CT molecular complexity index is 1280. The van der Waals surface area contributed by atoms with Gasteiger partial charge in [-0.3, -0.25) is 4.79 Å². The van der Waals surface area contributed by atoms with Crippen LogP contribution < -0.4 is 4.90 Å². The fraction of sp³-hybridized carbons (Fsp3) is 0.318. The van der Waals surface area contributed by atoms with Crippen molar-refractivity contribution in [3.63, 3.8) is 0 Å². The smallest absolute Gasteiger partial charge is 0.303 e. The Balaban J connectivity index is 1.79. The Kier molecular flexibility index (Phi) is 5.32. The van der Waals surface area contributed by atoms with Gasteiger partial charge in [-0.05, 0) is 44.0 Å². The van der Waals surface area contributed by atoms with Crippen LogP contribution in [-0.4, -0.2) is 38.3 Å². The van der Waals surface area contributed by atoms with E-state index in [2.05, 4.69) is 20.2 Å². The predicted molar refractivity (Wildman–Crippen MR) is 120 cm³/mol. The maximum absolute atomic E-state index is 11.2. The van der Waals surface area contributed by atoms with Gasteiger partial charge in [0.15, 0.2) is 5.82 Å². The van der Waals surface area contributed by atoms with E-state index in [1.807, 2.05) is 43.1 Å². The van der Waals surface area contributed by atoms with Crippen molar-refractivity contribution in [2.24, 2.45) is 0 Å². The number of ether oxygens (including phenoxy) is 1. The van der Waals surface area contributed by atoms with Gasteiger partial charge in [-0.2, -0.15) is 5.10 Å². The number of fused-ring (bicyclic) bond motifs is 3. The Labute approximate surface area is 183 Å². The highest BCUT2D eigenvalue weighted by molar-refractivity contribution is 7.26. The van der Waals surface area contributed by atoms with Crippen LogP contribution in [0.5, 0.6) is 0 Å². The molecule has 0 saturated heterocycles. The minimum absolute atomic E-state index is 0.0762. The molecule has 9 heteroatoms. The van der Waals surface area contributed by atoms with Crippen LogP contribution in [0.1, 0.15) is 37.6 Å². The molecule has 0 aliphatic carbocycles. The van der Waals surface area contributed by atoms with Crippen LogP contribution in [0.2, 0.25) is 0 Å². The molecule has 3 heterocycles. The van der Waals surface area contributed by atoms with Crippen LogP contribution in [-0.2, 0) is 21.7 Å². The number of aliphatic hydroxyl groups is 1. The summed E-state index contributed by atoms with van der Waals surface area (Å²) in [6.45, 7) is 6.90. The van der Waals surface area contributed by atoms with Gasteiger partial charge in [0.25, 0.3) is 0 Å². The van der Waals surface area contributed by atoms with E-state index in [1.54, 1.807) is 13.8 Å². The number of aryl methyl sites for hydroxylation is 1. The summed E-state index contributed by atoms with van der Waals surface area (Å²) in [4.78, 5) is 22.9. The van der Waals surface area contributed by atoms with E-state index >= 15 is 0 Å². The maximum Gasteiger partial charge on any atom is 0.303 e. The summed E-state index contributed by atoms with van der Waals surface area (Å²) in [7, 11) is 1.94. The third-order valence-corrected chi connectivity index (χ3v) is 6.25. The number of carbonyl (C=O) groups excluding carboxylic acids is 1. The topological polar surface area (TPSA) is 101 Å². The number of anilines is 2. The first-order valence-electron chi connectivity index (χ1n) is 9.76. The van der Waals surface area contributed by atoms with Crippen LogP contribution in [0.25, 0.3) is 20.4 Å². The lowest BCUT2D eigenvalue weighted by atomic mass is 9.98.